The highest BCUT2D eigenvalue weighted by Crippen LogP contribution is 2.36. The van der Waals surface area contributed by atoms with Gasteiger partial charge in [0.25, 0.3) is 0 Å². The second-order valence-electron chi connectivity index (χ2n) is 5.11. The fourth-order valence-corrected chi connectivity index (χ4v) is 3.01. The summed E-state index contributed by atoms with van der Waals surface area (Å²) in [6, 6.07) is 1.23. The Labute approximate surface area is 139 Å². The van der Waals surface area contributed by atoms with Crippen LogP contribution in [0.15, 0.2) is 20.1 Å². The fourth-order valence-electron chi connectivity index (χ4n) is 1.52. The van der Waals surface area contributed by atoms with Gasteiger partial charge in [-0.1, -0.05) is 0 Å². The number of amides is 1. The van der Waals surface area contributed by atoms with Crippen LogP contribution < -0.4 is 4.74 Å². The van der Waals surface area contributed by atoms with Gasteiger partial charge in [0.15, 0.2) is 0 Å². The number of hydrazone groups is 1. The molecule has 1 aromatic rings. The van der Waals surface area contributed by atoms with Crippen molar-refractivity contribution in [3.63, 3.8) is 0 Å². The van der Waals surface area contributed by atoms with E-state index in [1.807, 2.05) is 0 Å². The summed E-state index contributed by atoms with van der Waals surface area (Å²) in [4.78, 5) is 11.2. The molecule has 0 saturated carbocycles. The molecule has 0 bridgehead atoms. The number of benzene rings is 1. The molecule has 0 aliphatic rings. The van der Waals surface area contributed by atoms with Gasteiger partial charge in [0, 0.05) is 5.56 Å². The lowest BCUT2D eigenvalue weighted by Crippen LogP contribution is -2.41. The van der Waals surface area contributed by atoms with Crippen LogP contribution in [0.4, 0.5) is 9.18 Å². The van der Waals surface area contributed by atoms with Gasteiger partial charge in [-0.25, -0.2) is 9.18 Å². The van der Waals surface area contributed by atoms with Crippen molar-refractivity contribution in [3.05, 3.63) is 26.4 Å². The maximum atomic E-state index is 14.0. The van der Waals surface area contributed by atoms with Gasteiger partial charge >= 0.3 is 6.09 Å². The van der Waals surface area contributed by atoms with Gasteiger partial charge in [0.05, 0.1) is 27.8 Å². The minimum Gasteiger partial charge on any atom is -0.494 e. The van der Waals surface area contributed by atoms with E-state index in [4.69, 9.17) is 9.84 Å². The molecule has 0 aromatic heterocycles. The second kappa shape index (κ2) is 6.74. The molecule has 1 N–H and O–H groups in total. The Bertz CT molecular complexity index is 586. The number of carboxylic acid groups (broad SMARTS) is 1. The number of hydrogen-bond acceptors (Lipinski definition) is 3. The van der Waals surface area contributed by atoms with Crippen LogP contribution in [-0.4, -0.2) is 35.1 Å². The Morgan fingerprint density at radius 1 is 1.48 bits per heavy atom. The molecule has 0 aliphatic heterocycles. The molecule has 21 heavy (non-hydrogen) atoms. The monoisotopic (exact) mass is 424 g/mol. The molecule has 0 radical (unpaired) electrons. The summed E-state index contributed by atoms with van der Waals surface area (Å²) in [5.41, 5.74) is -0.643. The summed E-state index contributed by atoms with van der Waals surface area (Å²) in [6.07, 6.45) is -0.0762. The number of halogens is 3. The van der Waals surface area contributed by atoms with Gasteiger partial charge in [0.1, 0.15) is 11.6 Å². The first-order valence-electron chi connectivity index (χ1n) is 5.88. The molecule has 0 atom stereocenters. The summed E-state index contributed by atoms with van der Waals surface area (Å²) >= 11 is 6.41. The molecule has 0 unspecified atom stereocenters. The van der Waals surface area contributed by atoms with Crippen molar-refractivity contribution in [2.24, 2.45) is 5.10 Å². The van der Waals surface area contributed by atoms with E-state index in [9.17, 15) is 9.18 Å². The predicted octanol–water partition coefficient (Wildman–Crippen LogP) is 4.47. The van der Waals surface area contributed by atoms with Crippen molar-refractivity contribution in [1.29, 1.82) is 0 Å². The average molecular weight is 426 g/mol. The third-order valence-electron chi connectivity index (χ3n) is 2.49. The Kier molecular flexibility index (Phi) is 5.75. The van der Waals surface area contributed by atoms with Crippen molar-refractivity contribution in [1.82, 2.24) is 5.01 Å². The van der Waals surface area contributed by atoms with Crippen molar-refractivity contribution in [2.75, 3.05) is 7.11 Å². The van der Waals surface area contributed by atoms with E-state index in [0.29, 0.717) is 14.7 Å². The minimum absolute atomic E-state index is 0.102. The molecule has 1 amide bonds. The summed E-state index contributed by atoms with van der Waals surface area (Å²) in [6.45, 7) is 5.06. The van der Waals surface area contributed by atoms with E-state index in [2.05, 4.69) is 37.0 Å². The smallest absolute Gasteiger partial charge is 0.428 e. The first-order chi connectivity index (χ1) is 9.59. The Hall–Kier alpha value is -1.15. The standard InChI is InChI=1S/C13H15Br2FN2O3/c1-13(2,3)18(12(19)20)17-6-7-9(16)5-8(14)11(21-4)10(7)15/h5-6H,1-4H3,(H,19,20). The fraction of sp³-hybridized carbons (Fsp3) is 0.385. The van der Waals surface area contributed by atoms with Crippen LogP contribution in [-0.2, 0) is 0 Å². The molecule has 1 rings (SSSR count). The number of carbonyl (C=O) groups is 1. The van der Waals surface area contributed by atoms with Crippen molar-refractivity contribution >= 4 is 44.2 Å². The zero-order chi connectivity index (χ0) is 16.4. The van der Waals surface area contributed by atoms with E-state index >= 15 is 0 Å². The Morgan fingerprint density at radius 2 is 2.05 bits per heavy atom. The van der Waals surface area contributed by atoms with Crippen LogP contribution in [0.1, 0.15) is 26.3 Å². The maximum absolute atomic E-state index is 14.0. The van der Waals surface area contributed by atoms with E-state index < -0.39 is 17.4 Å². The SMILES string of the molecule is COc1c(Br)cc(F)c(C=NN(C(=O)O)C(C)(C)C)c1Br. The topological polar surface area (TPSA) is 62.1 Å². The Balaban J connectivity index is 3.30. The number of nitrogens with zero attached hydrogens (tertiary/aromatic N) is 2. The lowest BCUT2D eigenvalue weighted by molar-refractivity contribution is 0.103. The first kappa shape index (κ1) is 17.9. The highest BCUT2D eigenvalue weighted by Gasteiger charge is 2.26. The van der Waals surface area contributed by atoms with Gasteiger partial charge in [0.2, 0.25) is 0 Å². The van der Waals surface area contributed by atoms with Crippen LogP contribution in [0.25, 0.3) is 0 Å². The number of hydrogen-bond donors (Lipinski definition) is 1. The van der Waals surface area contributed by atoms with E-state index in [1.54, 1.807) is 20.8 Å². The van der Waals surface area contributed by atoms with Gasteiger partial charge < -0.3 is 9.84 Å². The zero-order valence-corrected chi connectivity index (χ0v) is 15.1. The summed E-state index contributed by atoms with van der Waals surface area (Å²) in [5, 5.41) is 13.9. The van der Waals surface area contributed by atoms with Crippen LogP contribution in [0.5, 0.6) is 5.75 Å². The van der Waals surface area contributed by atoms with Crippen molar-refractivity contribution < 1.29 is 19.0 Å². The Morgan fingerprint density at radius 3 is 2.48 bits per heavy atom. The summed E-state index contributed by atoms with van der Waals surface area (Å²) in [5.74, 6) is -0.159. The highest BCUT2D eigenvalue weighted by molar-refractivity contribution is 9.11. The molecular formula is C13H15Br2FN2O3. The average Bonchev–Trinajstić information content (AvgIpc) is 2.31. The molecule has 0 fully saturated rings. The van der Waals surface area contributed by atoms with Gasteiger partial charge in [-0.05, 0) is 58.7 Å². The van der Waals surface area contributed by atoms with Crippen molar-refractivity contribution in [2.45, 2.75) is 26.3 Å². The molecule has 0 saturated heterocycles. The van der Waals surface area contributed by atoms with Crippen LogP contribution in [0.3, 0.4) is 0 Å². The molecular weight excluding hydrogens is 411 g/mol. The molecule has 5 nitrogen and oxygen atoms in total. The highest BCUT2D eigenvalue weighted by atomic mass is 79.9. The third kappa shape index (κ3) is 4.16. The van der Waals surface area contributed by atoms with Crippen molar-refractivity contribution in [3.8, 4) is 5.75 Å². The predicted molar refractivity (Wildman–Crippen MR) is 85.6 cm³/mol. The quantitative estimate of drug-likeness (QED) is 0.573. The van der Waals surface area contributed by atoms with Crippen LogP contribution in [0, 0.1) is 5.82 Å². The normalized spacial score (nSPS) is 11.8. The summed E-state index contributed by atoms with van der Waals surface area (Å²) in [7, 11) is 1.45. The lowest BCUT2D eigenvalue weighted by Gasteiger charge is -2.28. The number of rotatable bonds is 3. The number of methoxy groups -OCH3 is 1. The maximum Gasteiger partial charge on any atom is 0.428 e. The number of ether oxygens (including phenoxy) is 1. The third-order valence-corrected chi connectivity index (χ3v) is 3.86. The lowest BCUT2D eigenvalue weighted by atomic mass is 10.1. The largest absolute Gasteiger partial charge is 0.494 e. The zero-order valence-electron chi connectivity index (χ0n) is 11.9. The van der Waals surface area contributed by atoms with Crippen LogP contribution >= 0.6 is 31.9 Å². The molecule has 0 heterocycles. The minimum atomic E-state index is -1.22. The summed E-state index contributed by atoms with van der Waals surface area (Å²) < 4.78 is 19.9. The molecule has 1 aromatic carbocycles. The molecule has 0 spiro atoms. The molecule has 8 heteroatoms. The second-order valence-corrected chi connectivity index (χ2v) is 6.76. The van der Waals surface area contributed by atoms with E-state index in [-0.39, 0.29) is 5.56 Å². The van der Waals surface area contributed by atoms with Gasteiger partial charge in [-0.15, -0.1) is 0 Å². The van der Waals surface area contributed by atoms with E-state index in [1.165, 1.54) is 13.2 Å². The van der Waals surface area contributed by atoms with Gasteiger partial charge in [-0.3, -0.25) is 0 Å². The molecule has 116 valence electrons. The van der Waals surface area contributed by atoms with E-state index in [0.717, 1.165) is 11.2 Å². The van der Waals surface area contributed by atoms with Gasteiger partial charge in [-0.2, -0.15) is 10.1 Å². The first-order valence-corrected chi connectivity index (χ1v) is 7.46. The van der Waals surface area contributed by atoms with Crippen LogP contribution in [0.2, 0.25) is 0 Å². The molecule has 0 aliphatic carbocycles.